The van der Waals surface area contributed by atoms with Crippen molar-refractivity contribution in [2.24, 2.45) is 5.10 Å². The Hall–Kier alpha value is -3.04. The average molecular weight is 495 g/mol. The topological polar surface area (TPSA) is 89.5 Å². The number of non-ortho nitro benzene ring substituents is 1. The van der Waals surface area contributed by atoms with Crippen molar-refractivity contribution < 1.29 is 9.72 Å². The van der Waals surface area contributed by atoms with Crippen LogP contribution in [0.1, 0.15) is 30.3 Å². The highest BCUT2D eigenvalue weighted by molar-refractivity contribution is 8.21. The van der Waals surface area contributed by atoms with Gasteiger partial charge in [-0.15, -0.1) is 23.5 Å². The van der Waals surface area contributed by atoms with Gasteiger partial charge in [0, 0.05) is 46.3 Å². The predicted octanol–water partition coefficient (Wildman–Crippen LogP) is 5.71. The quantitative estimate of drug-likeness (QED) is 0.258. The summed E-state index contributed by atoms with van der Waals surface area (Å²) >= 11 is 3.66. The lowest BCUT2D eigenvalue weighted by Crippen LogP contribution is -2.26. The zero-order valence-corrected chi connectivity index (χ0v) is 20.9. The summed E-state index contributed by atoms with van der Waals surface area (Å²) in [5, 5.41) is 15.1. The van der Waals surface area contributed by atoms with Gasteiger partial charge in [-0.1, -0.05) is 12.1 Å². The third-order valence-electron chi connectivity index (χ3n) is 5.78. The van der Waals surface area contributed by atoms with Crippen LogP contribution in [0.2, 0.25) is 0 Å². The van der Waals surface area contributed by atoms with Crippen molar-refractivity contribution in [1.82, 2.24) is 9.99 Å². The van der Waals surface area contributed by atoms with E-state index in [0.717, 1.165) is 45.3 Å². The van der Waals surface area contributed by atoms with Gasteiger partial charge in [0.1, 0.15) is 0 Å². The number of hydrogen-bond acceptors (Lipinski definition) is 6. The lowest BCUT2D eigenvalue weighted by Gasteiger charge is -2.19. The van der Waals surface area contributed by atoms with Crippen molar-refractivity contribution >= 4 is 41.3 Å². The van der Waals surface area contributed by atoms with E-state index in [-0.39, 0.29) is 15.7 Å². The van der Waals surface area contributed by atoms with Crippen molar-refractivity contribution in [3.63, 3.8) is 0 Å². The Morgan fingerprint density at radius 2 is 1.71 bits per heavy atom. The van der Waals surface area contributed by atoms with Crippen molar-refractivity contribution in [3.8, 4) is 16.8 Å². The van der Waals surface area contributed by atoms with E-state index in [0.29, 0.717) is 6.42 Å². The first kappa shape index (κ1) is 24.1. The van der Waals surface area contributed by atoms with Crippen molar-refractivity contribution in [2.45, 2.75) is 31.3 Å². The zero-order chi connectivity index (χ0) is 24.3. The maximum absolute atomic E-state index is 12.3. The Kier molecular flexibility index (Phi) is 7.13. The molecular formula is C25H26N4O3S2. The van der Waals surface area contributed by atoms with E-state index < -0.39 is 4.92 Å². The number of rotatable bonds is 7. The first-order chi connectivity index (χ1) is 16.3. The standard InChI is InChI=1S/C25H26N4O3S2/c1-17-14-21(16-26-27-24(30)15-25(3)33-12-13-34-25)18(2)28(17)22-8-4-19(5-9-22)20-6-10-23(11-7-20)29(31)32/h4-11,14,16H,12-13,15H2,1-3H3,(H,27,30). The summed E-state index contributed by atoms with van der Waals surface area (Å²) in [7, 11) is 0. The maximum atomic E-state index is 12.3. The number of thioether (sulfide) groups is 2. The number of hydrogen-bond donors (Lipinski definition) is 1. The summed E-state index contributed by atoms with van der Waals surface area (Å²) in [6.45, 7) is 6.16. The number of aromatic nitrogens is 1. The summed E-state index contributed by atoms with van der Waals surface area (Å²) in [6, 6.07) is 16.6. The minimum Gasteiger partial charge on any atom is -0.318 e. The maximum Gasteiger partial charge on any atom is 0.269 e. The first-order valence-corrected chi connectivity index (χ1v) is 12.9. The molecule has 0 unspecified atom stereocenters. The molecule has 1 N–H and O–H groups in total. The molecule has 0 spiro atoms. The fourth-order valence-corrected chi connectivity index (χ4v) is 6.89. The molecule has 4 rings (SSSR count). The molecule has 1 aliphatic heterocycles. The fraction of sp³-hybridized carbons (Fsp3) is 0.280. The van der Waals surface area contributed by atoms with Crippen LogP contribution in [0.15, 0.2) is 59.7 Å². The van der Waals surface area contributed by atoms with Crippen LogP contribution in [0.4, 0.5) is 5.69 Å². The van der Waals surface area contributed by atoms with Crippen LogP contribution in [-0.4, -0.2) is 37.2 Å². The van der Waals surface area contributed by atoms with Crippen LogP contribution in [0, 0.1) is 24.0 Å². The van der Waals surface area contributed by atoms with Gasteiger partial charge in [-0.2, -0.15) is 5.10 Å². The second kappa shape index (κ2) is 10.1. The molecule has 0 bridgehead atoms. The number of nitro benzene ring substituents is 1. The molecule has 0 aliphatic carbocycles. The van der Waals surface area contributed by atoms with Gasteiger partial charge < -0.3 is 4.57 Å². The van der Waals surface area contributed by atoms with E-state index in [4.69, 9.17) is 0 Å². The van der Waals surface area contributed by atoms with Gasteiger partial charge in [-0.25, -0.2) is 5.43 Å². The van der Waals surface area contributed by atoms with Crippen LogP contribution in [-0.2, 0) is 4.79 Å². The van der Waals surface area contributed by atoms with Crippen LogP contribution in [0.5, 0.6) is 0 Å². The highest BCUT2D eigenvalue weighted by Crippen LogP contribution is 2.45. The summed E-state index contributed by atoms with van der Waals surface area (Å²) in [5.74, 6) is 2.09. The Labute approximate surface area is 207 Å². The molecule has 0 saturated carbocycles. The molecule has 0 atom stereocenters. The highest BCUT2D eigenvalue weighted by atomic mass is 32.2. The molecule has 2 heterocycles. The van der Waals surface area contributed by atoms with Crippen LogP contribution >= 0.6 is 23.5 Å². The number of nitrogens with one attached hydrogen (secondary N) is 1. The number of amides is 1. The SMILES string of the molecule is Cc1cc(C=NNC(=O)CC2(C)SCCS2)c(C)n1-c1ccc(-c2ccc([N+](=O)[O-])cc2)cc1. The van der Waals surface area contributed by atoms with Gasteiger partial charge >= 0.3 is 0 Å². The largest absolute Gasteiger partial charge is 0.318 e. The minimum absolute atomic E-state index is 0.0595. The van der Waals surface area contributed by atoms with Crippen molar-refractivity contribution in [1.29, 1.82) is 0 Å². The molecule has 1 aliphatic rings. The molecule has 9 heteroatoms. The number of carbonyl (C=O) groups is 1. The molecule has 34 heavy (non-hydrogen) atoms. The van der Waals surface area contributed by atoms with E-state index in [1.165, 1.54) is 12.1 Å². The smallest absolute Gasteiger partial charge is 0.269 e. The highest BCUT2D eigenvalue weighted by Gasteiger charge is 2.32. The second-order valence-electron chi connectivity index (χ2n) is 8.31. The van der Waals surface area contributed by atoms with E-state index in [2.05, 4.69) is 22.0 Å². The van der Waals surface area contributed by atoms with Gasteiger partial charge in [0.2, 0.25) is 5.91 Å². The molecule has 1 fully saturated rings. The number of benzene rings is 2. The first-order valence-electron chi connectivity index (χ1n) is 10.9. The summed E-state index contributed by atoms with van der Waals surface area (Å²) < 4.78 is 2.08. The molecule has 0 radical (unpaired) electrons. The molecular weight excluding hydrogens is 468 g/mol. The van der Waals surface area contributed by atoms with Gasteiger partial charge in [-0.05, 0) is 62.2 Å². The number of aryl methyl sites for hydroxylation is 1. The molecule has 176 valence electrons. The molecule has 1 aromatic heterocycles. The second-order valence-corrected chi connectivity index (χ2v) is 11.8. The van der Waals surface area contributed by atoms with E-state index in [1.54, 1.807) is 18.3 Å². The summed E-state index contributed by atoms with van der Waals surface area (Å²) in [6.07, 6.45) is 2.14. The summed E-state index contributed by atoms with van der Waals surface area (Å²) in [4.78, 5) is 22.8. The number of hydrazone groups is 1. The van der Waals surface area contributed by atoms with E-state index >= 15 is 0 Å². The lowest BCUT2D eigenvalue weighted by molar-refractivity contribution is -0.384. The Morgan fingerprint density at radius 1 is 1.12 bits per heavy atom. The number of carbonyl (C=O) groups excluding carboxylic acids is 1. The van der Waals surface area contributed by atoms with Gasteiger partial charge in [0.15, 0.2) is 0 Å². The van der Waals surface area contributed by atoms with Gasteiger partial charge in [0.05, 0.1) is 21.6 Å². The van der Waals surface area contributed by atoms with E-state index in [1.807, 2.05) is 67.7 Å². The Morgan fingerprint density at radius 3 is 2.29 bits per heavy atom. The zero-order valence-electron chi connectivity index (χ0n) is 19.3. The minimum atomic E-state index is -0.398. The normalized spacial score (nSPS) is 15.0. The van der Waals surface area contributed by atoms with Crippen LogP contribution in [0.25, 0.3) is 16.8 Å². The van der Waals surface area contributed by atoms with Crippen LogP contribution in [0.3, 0.4) is 0 Å². The number of nitro groups is 1. The molecule has 1 amide bonds. The third kappa shape index (κ3) is 5.37. The molecule has 1 saturated heterocycles. The molecule has 2 aromatic carbocycles. The van der Waals surface area contributed by atoms with Crippen molar-refractivity contribution in [2.75, 3.05) is 11.5 Å². The van der Waals surface area contributed by atoms with Gasteiger partial charge in [-0.3, -0.25) is 14.9 Å². The predicted molar refractivity (Wildman–Crippen MR) is 141 cm³/mol. The molecule has 7 nitrogen and oxygen atoms in total. The van der Waals surface area contributed by atoms with Crippen LogP contribution < -0.4 is 5.43 Å². The lowest BCUT2D eigenvalue weighted by atomic mass is 10.0. The Balaban J connectivity index is 1.46. The van der Waals surface area contributed by atoms with Crippen molar-refractivity contribution in [3.05, 3.63) is 81.7 Å². The third-order valence-corrected chi connectivity index (χ3v) is 9.07. The average Bonchev–Trinajstić information content (AvgIpc) is 3.36. The number of nitrogens with zero attached hydrogens (tertiary/aromatic N) is 3. The van der Waals surface area contributed by atoms with Gasteiger partial charge in [0.25, 0.3) is 5.69 Å². The fourth-order valence-electron chi connectivity index (χ4n) is 4.06. The Bertz CT molecular complexity index is 1230. The summed E-state index contributed by atoms with van der Waals surface area (Å²) in [5.41, 5.74) is 8.67. The monoisotopic (exact) mass is 494 g/mol. The van der Waals surface area contributed by atoms with E-state index in [9.17, 15) is 14.9 Å². The molecule has 3 aromatic rings.